The van der Waals surface area contributed by atoms with Gasteiger partial charge in [0.2, 0.25) is 0 Å². The molecule has 1 heterocycles. The van der Waals surface area contributed by atoms with Gasteiger partial charge >= 0.3 is 0 Å². The van der Waals surface area contributed by atoms with E-state index >= 15 is 0 Å². The molecule has 0 fully saturated rings. The number of aromatic nitrogens is 1. The first kappa shape index (κ1) is 16.3. The first-order chi connectivity index (χ1) is 10.5. The van der Waals surface area contributed by atoms with Crippen LogP contribution in [0.5, 0.6) is 5.75 Å². The number of aliphatic hydroxyl groups excluding tert-OH is 1. The average Bonchev–Trinajstić information content (AvgIpc) is 2.45. The fourth-order valence-electron chi connectivity index (χ4n) is 2.06. The van der Waals surface area contributed by atoms with E-state index in [0.29, 0.717) is 17.0 Å². The Balaban J connectivity index is 2.12. The SMILES string of the molecule is Cc1cc(C)c(C(=O)Nc2ccc(OCCO)cc2)c(Cl)n1. The second-order valence-electron chi connectivity index (χ2n) is 4.80. The van der Waals surface area contributed by atoms with Crippen molar-refractivity contribution < 1.29 is 14.6 Å². The number of halogens is 1. The van der Waals surface area contributed by atoms with Gasteiger partial charge in [-0.1, -0.05) is 11.6 Å². The largest absolute Gasteiger partial charge is 0.491 e. The van der Waals surface area contributed by atoms with Crippen molar-refractivity contribution >= 4 is 23.2 Å². The molecule has 0 aliphatic carbocycles. The zero-order chi connectivity index (χ0) is 16.1. The molecule has 6 heteroatoms. The summed E-state index contributed by atoms with van der Waals surface area (Å²) >= 11 is 6.06. The van der Waals surface area contributed by atoms with E-state index in [4.69, 9.17) is 21.4 Å². The summed E-state index contributed by atoms with van der Waals surface area (Å²) < 4.78 is 5.26. The molecule has 0 saturated carbocycles. The summed E-state index contributed by atoms with van der Waals surface area (Å²) in [6.45, 7) is 3.83. The fraction of sp³-hybridized carbons (Fsp3) is 0.250. The van der Waals surface area contributed by atoms with E-state index in [0.717, 1.165) is 11.3 Å². The van der Waals surface area contributed by atoms with Crippen molar-refractivity contribution in [1.29, 1.82) is 0 Å². The Kier molecular flexibility index (Phi) is 5.35. The van der Waals surface area contributed by atoms with Gasteiger partial charge in [-0.2, -0.15) is 0 Å². The molecule has 1 aromatic carbocycles. The Morgan fingerprint density at radius 1 is 1.32 bits per heavy atom. The summed E-state index contributed by atoms with van der Waals surface area (Å²) in [6.07, 6.45) is 0. The first-order valence-corrected chi connectivity index (χ1v) is 7.18. The summed E-state index contributed by atoms with van der Waals surface area (Å²) in [7, 11) is 0. The van der Waals surface area contributed by atoms with Crippen LogP contribution >= 0.6 is 11.6 Å². The average molecular weight is 321 g/mol. The third kappa shape index (κ3) is 3.96. The number of nitrogens with zero attached hydrogens (tertiary/aromatic N) is 1. The lowest BCUT2D eigenvalue weighted by Crippen LogP contribution is -2.15. The minimum Gasteiger partial charge on any atom is -0.491 e. The Bertz CT molecular complexity index is 649. The summed E-state index contributed by atoms with van der Waals surface area (Å²) in [6, 6.07) is 8.68. The Labute approximate surface area is 133 Å². The molecule has 2 aromatic rings. The Morgan fingerprint density at radius 2 is 2.00 bits per heavy atom. The zero-order valence-electron chi connectivity index (χ0n) is 12.4. The van der Waals surface area contributed by atoms with Crippen LogP contribution < -0.4 is 10.1 Å². The molecule has 0 saturated heterocycles. The number of benzene rings is 1. The predicted octanol–water partition coefficient (Wildman–Crippen LogP) is 2.98. The van der Waals surface area contributed by atoms with Crippen LogP contribution in [0.25, 0.3) is 0 Å². The van der Waals surface area contributed by atoms with Crippen molar-refractivity contribution in [2.75, 3.05) is 18.5 Å². The van der Waals surface area contributed by atoms with E-state index in [1.165, 1.54) is 0 Å². The third-order valence-electron chi connectivity index (χ3n) is 3.00. The molecule has 2 rings (SSSR count). The maximum atomic E-state index is 12.3. The van der Waals surface area contributed by atoms with E-state index in [1.807, 2.05) is 19.9 Å². The Hall–Kier alpha value is -2.11. The lowest BCUT2D eigenvalue weighted by molar-refractivity contribution is 0.102. The number of ether oxygens (including phenoxy) is 1. The third-order valence-corrected chi connectivity index (χ3v) is 3.27. The molecule has 0 atom stereocenters. The summed E-state index contributed by atoms with van der Waals surface area (Å²) in [5, 5.41) is 11.7. The lowest BCUT2D eigenvalue weighted by Gasteiger charge is -2.10. The molecule has 1 aromatic heterocycles. The van der Waals surface area contributed by atoms with E-state index in [1.54, 1.807) is 24.3 Å². The van der Waals surface area contributed by atoms with Crippen LogP contribution in [0.15, 0.2) is 30.3 Å². The van der Waals surface area contributed by atoms with Gasteiger partial charge in [-0.05, 0) is 49.7 Å². The molecule has 5 nitrogen and oxygen atoms in total. The molecule has 0 spiro atoms. The number of amides is 1. The van der Waals surface area contributed by atoms with E-state index in [9.17, 15) is 4.79 Å². The highest BCUT2D eigenvalue weighted by Gasteiger charge is 2.15. The lowest BCUT2D eigenvalue weighted by atomic mass is 10.1. The quantitative estimate of drug-likeness (QED) is 0.831. The maximum absolute atomic E-state index is 12.3. The standard InChI is InChI=1S/C16H17ClN2O3/c1-10-9-11(2)18-15(17)14(10)16(21)19-12-3-5-13(6-4-12)22-8-7-20/h3-6,9,20H,7-8H2,1-2H3,(H,19,21). The van der Waals surface area contributed by atoms with Gasteiger partial charge in [0.25, 0.3) is 5.91 Å². The van der Waals surface area contributed by atoms with Gasteiger partial charge in [-0.3, -0.25) is 4.79 Å². The summed E-state index contributed by atoms with van der Waals surface area (Å²) in [5.41, 5.74) is 2.53. The van der Waals surface area contributed by atoms with E-state index in [-0.39, 0.29) is 24.3 Å². The van der Waals surface area contributed by atoms with Gasteiger partial charge in [-0.25, -0.2) is 4.98 Å². The number of aliphatic hydroxyl groups is 1. The molecule has 0 aliphatic heterocycles. The predicted molar refractivity (Wildman–Crippen MR) is 85.7 cm³/mol. The normalized spacial score (nSPS) is 10.4. The second kappa shape index (κ2) is 7.24. The molecule has 0 aliphatic rings. The van der Waals surface area contributed by atoms with Crippen LogP contribution in [-0.4, -0.2) is 29.2 Å². The van der Waals surface area contributed by atoms with Crippen molar-refractivity contribution in [2.45, 2.75) is 13.8 Å². The number of rotatable bonds is 5. The molecular weight excluding hydrogens is 304 g/mol. The van der Waals surface area contributed by atoms with Gasteiger partial charge in [0, 0.05) is 11.4 Å². The fourth-order valence-corrected chi connectivity index (χ4v) is 2.42. The van der Waals surface area contributed by atoms with E-state index in [2.05, 4.69) is 10.3 Å². The number of carbonyl (C=O) groups is 1. The van der Waals surface area contributed by atoms with Crippen molar-refractivity contribution in [3.63, 3.8) is 0 Å². The van der Waals surface area contributed by atoms with Crippen molar-refractivity contribution in [3.05, 3.63) is 52.3 Å². The van der Waals surface area contributed by atoms with Gasteiger partial charge in [-0.15, -0.1) is 0 Å². The molecule has 0 unspecified atom stereocenters. The molecule has 1 amide bonds. The van der Waals surface area contributed by atoms with Crippen molar-refractivity contribution in [2.24, 2.45) is 0 Å². The first-order valence-electron chi connectivity index (χ1n) is 6.80. The van der Waals surface area contributed by atoms with E-state index < -0.39 is 0 Å². The van der Waals surface area contributed by atoms with Gasteiger partial charge in [0.15, 0.2) is 0 Å². The molecule has 116 valence electrons. The molecule has 2 N–H and O–H groups in total. The van der Waals surface area contributed by atoms with Crippen LogP contribution in [-0.2, 0) is 0 Å². The highest BCUT2D eigenvalue weighted by molar-refractivity contribution is 6.33. The number of carbonyl (C=O) groups excluding carboxylic acids is 1. The van der Waals surface area contributed by atoms with Crippen LogP contribution in [0, 0.1) is 13.8 Å². The number of aryl methyl sites for hydroxylation is 2. The minimum atomic E-state index is -0.306. The smallest absolute Gasteiger partial charge is 0.259 e. The topological polar surface area (TPSA) is 71.5 Å². The highest BCUT2D eigenvalue weighted by atomic mass is 35.5. The van der Waals surface area contributed by atoms with Gasteiger partial charge < -0.3 is 15.2 Å². The second-order valence-corrected chi connectivity index (χ2v) is 5.15. The van der Waals surface area contributed by atoms with Gasteiger partial charge in [0.1, 0.15) is 17.5 Å². The summed E-state index contributed by atoms with van der Waals surface area (Å²) in [4.78, 5) is 16.4. The van der Waals surface area contributed by atoms with Crippen LogP contribution in [0.2, 0.25) is 5.15 Å². The number of hydrogen-bond acceptors (Lipinski definition) is 4. The zero-order valence-corrected chi connectivity index (χ0v) is 13.1. The molecule has 22 heavy (non-hydrogen) atoms. The number of hydrogen-bond donors (Lipinski definition) is 2. The molecule has 0 bridgehead atoms. The number of pyridine rings is 1. The summed E-state index contributed by atoms with van der Waals surface area (Å²) in [5.74, 6) is 0.317. The Morgan fingerprint density at radius 3 is 2.59 bits per heavy atom. The van der Waals surface area contributed by atoms with Crippen LogP contribution in [0.1, 0.15) is 21.6 Å². The number of nitrogens with one attached hydrogen (secondary N) is 1. The highest BCUT2D eigenvalue weighted by Crippen LogP contribution is 2.21. The van der Waals surface area contributed by atoms with Gasteiger partial charge in [0.05, 0.1) is 12.2 Å². The molecular formula is C16H17ClN2O3. The minimum absolute atomic E-state index is 0.0450. The molecule has 0 radical (unpaired) electrons. The van der Waals surface area contributed by atoms with Crippen LogP contribution in [0.3, 0.4) is 0 Å². The van der Waals surface area contributed by atoms with Crippen molar-refractivity contribution in [3.8, 4) is 5.75 Å². The maximum Gasteiger partial charge on any atom is 0.259 e. The monoisotopic (exact) mass is 320 g/mol. The van der Waals surface area contributed by atoms with Crippen LogP contribution in [0.4, 0.5) is 5.69 Å². The number of anilines is 1. The van der Waals surface area contributed by atoms with Crippen molar-refractivity contribution in [1.82, 2.24) is 4.98 Å².